The number of rotatable bonds is 1. The molecule has 0 bridgehead atoms. The predicted octanol–water partition coefficient (Wildman–Crippen LogP) is 7.10. The summed E-state index contributed by atoms with van der Waals surface area (Å²) in [6, 6.07) is 29.0. The Labute approximate surface area is 186 Å². The van der Waals surface area contributed by atoms with Crippen LogP contribution in [-0.2, 0) is 7.05 Å². The maximum absolute atomic E-state index is 2.52. The van der Waals surface area contributed by atoms with Crippen LogP contribution < -0.4 is 4.57 Å². The minimum absolute atomic E-state index is 1.25. The summed E-state index contributed by atoms with van der Waals surface area (Å²) in [6.07, 6.45) is 2.21. The van der Waals surface area contributed by atoms with Crippen LogP contribution >= 0.6 is 0 Å². The van der Waals surface area contributed by atoms with Gasteiger partial charge in [-0.25, -0.2) is 4.57 Å². The Balaban J connectivity index is 1.87. The lowest BCUT2D eigenvalue weighted by Gasteiger charge is -2.14. The Morgan fingerprint density at radius 3 is 2.31 bits per heavy atom. The summed E-state index contributed by atoms with van der Waals surface area (Å²) in [5.74, 6) is 0. The second-order valence-corrected chi connectivity index (χ2v) is 9.06. The van der Waals surface area contributed by atoms with E-state index in [1.165, 1.54) is 71.3 Å². The summed E-state index contributed by atoms with van der Waals surface area (Å²) in [5.41, 5.74) is 10.4. The Morgan fingerprint density at radius 2 is 1.47 bits per heavy atom. The number of fused-ring (bicyclic) bond motifs is 5. The SMILES string of the molecule is Cc1cccc2c1c1ccc(C)c3c1n2c1cc(-c2ccccc2)cc2cc[n+](C)c3c21. The van der Waals surface area contributed by atoms with Gasteiger partial charge in [0.2, 0.25) is 5.52 Å². The summed E-state index contributed by atoms with van der Waals surface area (Å²) in [6.45, 7) is 4.47. The lowest BCUT2D eigenvalue weighted by Crippen LogP contribution is -2.28. The zero-order valence-electron chi connectivity index (χ0n) is 18.5. The van der Waals surface area contributed by atoms with E-state index in [0.717, 1.165) is 0 Å². The normalized spacial score (nSPS) is 12.2. The molecular formula is C30H23N2+. The third-order valence-electron chi connectivity index (χ3n) is 7.17. The van der Waals surface area contributed by atoms with Gasteiger partial charge in [0.05, 0.1) is 27.3 Å². The van der Waals surface area contributed by atoms with E-state index in [2.05, 4.69) is 115 Å². The fourth-order valence-electron chi connectivity index (χ4n) is 5.74. The molecule has 7 rings (SSSR count). The molecule has 0 saturated heterocycles. The average Bonchev–Trinajstić information content (AvgIpc) is 3.16. The number of benzene rings is 4. The highest BCUT2D eigenvalue weighted by Crippen LogP contribution is 2.42. The van der Waals surface area contributed by atoms with Crippen molar-refractivity contribution < 1.29 is 4.57 Å². The number of aryl methyl sites for hydroxylation is 3. The minimum atomic E-state index is 1.25. The molecule has 0 saturated carbocycles. The van der Waals surface area contributed by atoms with Gasteiger partial charge in [0.15, 0.2) is 6.20 Å². The highest BCUT2D eigenvalue weighted by Gasteiger charge is 2.24. The van der Waals surface area contributed by atoms with Crippen molar-refractivity contribution in [2.75, 3.05) is 0 Å². The Bertz CT molecular complexity index is 1840. The molecule has 0 aliphatic carbocycles. The molecule has 2 heteroatoms. The number of aromatic nitrogens is 2. The fourth-order valence-corrected chi connectivity index (χ4v) is 5.74. The Kier molecular flexibility index (Phi) is 3.37. The first-order valence-corrected chi connectivity index (χ1v) is 11.2. The zero-order valence-corrected chi connectivity index (χ0v) is 18.5. The van der Waals surface area contributed by atoms with Crippen LogP contribution in [0.25, 0.3) is 60.1 Å². The molecule has 0 radical (unpaired) electrons. The van der Waals surface area contributed by atoms with E-state index in [4.69, 9.17) is 0 Å². The van der Waals surface area contributed by atoms with Gasteiger partial charge in [0.25, 0.3) is 0 Å². The van der Waals surface area contributed by atoms with Gasteiger partial charge >= 0.3 is 0 Å². The molecule has 0 unspecified atom stereocenters. The van der Waals surface area contributed by atoms with Crippen molar-refractivity contribution in [3.05, 3.63) is 96.2 Å². The van der Waals surface area contributed by atoms with Crippen molar-refractivity contribution in [3.63, 3.8) is 0 Å². The highest BCUT2D eigenvalue weighted by molar-refractivity contribution is 6.26. The van der Waals surface area contributed by atoms with Gasteiger partial charge in [-0.15, -0.1) is 0 Å². The first-order chi connectivity index (χ1) is 15.6. The number of nitrogens with zero attached hydrogens (tertiary/aromatic N) is 2. The number of hydrogen-bond acceptors (Lipinski definition) is 0. The summed E-state index contributed by atoms with van der Waals surface area (Å²) >= 11 is 0. The van der Waals surface area contributed by atoms with Crippen LogP contribution in [0.5, 0.6) is 0 Å². The molecule has 0 fully saturated rings. The van der Waals surface area contributed by atoms with Crippen LogP contribution in [0.4, 0.5) is 0 Å². The van der Waals surface area contributed by atoms with Crippen molar-refractivity contribution >= 4 is 49.0 Å². The second-order valence-electron chi connectivity index (χ2n) is 9.06. The maximum atomic E-state index is 2.52. The minimum Gasteiger partial charge on any atom is -0.307 e. The van der Waals surface area contributed by atoms with Gasteiger partial charge in [0, 0.05) is 16.8 Å². The van der Waals surface area contributed by atoms with Crippen LogP contribution in [0.15, 0.2) is 85.1 Å². The van der Waals surface area contributed by atoms with Gasteiger partial charge < -0.3 is 4.40 Å². The quantitative estimate of drug-likeness (QED) is 0.155. The number of pyridine rings is 2. The fraction of sp³-hybridized carbons (Fsp3) is 0.100. The molecule has 0 N–H and O–H groups in total. The van der Waals surface area contributed by atoms with Crippen molar-refractivity contribution in [1.29, 1.82) is 0 Å². The first kappa shape index (κ1) is 17.7. The number of hydrogen-bond donors (Lipinski definition) is 0. The molecule has 0 atom stereocenters. The zero-order chi connectivity index (χ0) is 21.6. The van der Waals surface area contributed by atoms with Crippen LogP contribution in [0.3, 0.4) is 0 Å². The van der Waals surface area contributed by atoms with Crippen LogP contribution in [-0.4, -0.2) is 4.40 Å². The lowest BCUT2D eigenvalue weighted by atomic mass is 9.96. The average molecular weight is 412 g/mol. The summed E-state index contributed by atoms with van der Waals surface area (Å²) in [7, 11) is 2.17. The molecule has 32 heavy (non-hydrogen) atoms. The van der Waals surface area contributed by atoms with Gasteiger partial charge in [-0.3, -0.25) is 0 Å². The maximum Gasteiger partial charge on any atom is 0.224 e. The third kappa shape index (κ3) is 2.12. The van der Waals surface area contributed by atoms with E-state index in [-0.39, 0.29) is 0 Å². The molecular weight excluding hydrogens is 388 g/mol. The van der Waals surface area contributed by atoms with Crippen LogP contribution in [0.1, 0.15) is 11.1 Å². The molecule has 3 heterocycles. The molecule has 7 aromatic rings. The first-order valence-electron chi connectivity index (χ1n) is 11.2. The Hall–Kier alpha value is -3.91. The molecule has 0 amide bonds. The third-order valence-corrected chi connectivity index (χ3v) is 7.17. The van der Waals surface area contributed by atoms with E-state index in [9.17, 15) is 0 Å². The van der Waals surface area contributed by atoms with E-state index < -0.39 is 0 Å². The van der Waals surface area contributed by atoms with E-state index in [1.54, 1.807) is 0 Å². The summed E-state index contributed by atoms with van der Waals surface area (Å²) < 4.78 is 4.81. The molecule has 152 valence electrons. The molecule has 0 aliphatic heterocycles. The van der Waals surface area contributed by atoms with E-state index >= 15 is 0 Å². The molecule has 0 aliphatic rings. The Morgan fingerprint density at radius 1 is 0.656 bits per heavy atom. The smallest absolute Gasteiger partial charge is 0.224 e. The summed E-state index contributed by atoms with van der Waals surface area (Å²) in [4.78, 5) is 0. The molecule has 0 spiro atoms. The van der Waals surface area contributed by atoms with Crippen LogP contribution in [0, 0.1) is 13.8 Å². The van der Waals surface area contributed by atoms with Gasteiger partial charge in [0.1, 0.15) is 7.05 Å². The largest absolute Gasteiger partial charge is 0.307 e. The standard InChI is InChI=1S/C30H23N2/c1-18-8-7-11-24-26(18)23-13-12-19(2)27-29(23)32(24)25-17-22(20-9-5-4-6-10-20)16-21-14-15-31(3)30(27)28(21)25/h4-17H,1-3H3/q+1. The van der Waals surface area contributed by atoms with Gasteiger partial charge in [-0.05, 0) is 59.7 Å². The molecule has 2 nitrogen and oxygen atoms in total. The van der Waals surface area contributed by atoms with Crippen molar-refractivity contribution in [1.82, 2.24) is 4.40 Å². The van der Waals surface area contributed by atoms with Gasteiger partial charge in [-0.2, -0.15) is 0 Å². The lowest BCUT2D eigenvalue weighted by molar-refractivity contribution is -0.643. The topological polar surface area (TPSA) is 8.29 Å². The van der Waals surface area contributed by atoms with Crippen molar-refractivity contribution in [2.24, 2.45) is 7.05 Å². The van der Waals surface area contributed by atoms with E-state index in [1.807, 2.05) is 0 Å². The van der Waals surface area contributed by atoms with E-state index in [0.29, 0.717) is 0 Å². The van der Waals surface area contributed by atoms with Crippen molar-refractivity contribution in [3.8, 4) is 11.1 Å². The predicted molar refractivity (Wildman–Crippen MR) is 135 cm³/mol. The van der Waals surface area contributed by atoms with Gasteiger partial charge in [-0.1, -0.05) is 54.6 Å². The monoisotopic (exact) mass is 411 g/mol. The molecule has 4 aromatic carbocycles. The molecule has 3 aromatic heterocycles. The summed E-state index contributed by atoms with van der Waals surface area (Å²) in [5, 5.41) is 6.66. The highest BCUT2D eigenvalue weighted by atomic mass is 15.0. The van der Waals surface area contributed by atoms with Crippen LogP contribution in [0.2, 0.25) is 0 Å². The second kappa shape index (κ2) is 6.08. The van der Waals surface area contributed by atoms with Crippen molar-refractivity contribution in [2.45, 2.75) is 13.8 Å².